The van der Waals surface area contributed by atoms with E-state index < -0.39 is 18.0 Å². The van der Waals surface area contributed by atoms with Crippen LogP contribution in [0, 0.1) is 0 Å². The Hall–Kier alpha value is -3.06. The first-order valence-electron chi connectivity index (χ1n) is 8.10. The van der Waals surface area contributed by atoms with Gasteiger partial charge in [-0.05, 0) is 49.4 Å². The zero-order chi connectivity index (χ0) is 19.8. The van der Waals surface area contributed by atoms with Crippen molar-refractivity contribution in [3.8, 4) is 5.75 Å². The molecule has 27 heavy (non-hydrogen) atoms. The molecule has 0 aromatic heterocycles. The number of amides is 2. The minimum atomic E-state index is -1.00. The molecule has 0 radical (unpaired) electrons. The summed E-state index contributed by atoms with van der Waals surface area (Å²) in [6.07, 6.45) is -1.00. The molecule has 142 valence electrons. The number of hydrogen-bond acceptors (Lipinski definition) is 5. The van der Waals surface area contributed by atoms with Crippen molar-refractivity contribution in [2.75, 3.05) is 17.2 Å². The highest BCUT2D eigenvalue weighted by Crippen LogP contribution is 2.17. The van der Waals surface area contributed by atoms with Gasteiger partial charge in [0.25, 0.3) is 5.91 Å². The summed E-state index contributed by atoms with van der Waals surface area (Å²) in [6.45, 7) is 2.52. The maximum absolute atomic E-state index is 12.1. The summed E-state index contributed by atoms with van der Waals surface area (Å²) in [6, 6.07) is 13.1. The Morgan fingerprint density at radius 2 is 1.67 bits per heavy atom. The fraction of sp³-hybridized carbons (Fsp3) is 0.211. The van der Waals surface area contributed by atoms with Gasteiger partial charge in [0, 0.05) is 23.3 Å². The van der Waals surface area contributed by atoms with Gasteiger partial charge in [-0.2, -0.15) is 0 Å². The summed E-state index contributed by atoms with van der Waals surface area (Å²) in [4.78, 5) is 34.9. The Morgan fingerprint density at radius 1 is 1.04 bits per heavy atom. The molecule has 1 atom stereocenters. The number of benzene rings is 2. The first kappa shape index (κ1) is 20.3. The number of esters is 1. The molecule has 0 bridgehead atoms. The van der Waals surface area contributed by atoms with Crippen LogP contribution in [0.3, 0.4) is 0 Å². The molecule has 2 amide bonds. The van der Waals surface area contributed by atoms with Crippen LogP contribution >= 0.6 is 11.6 Å². The Bertz CT molecular complexity index is 823. The molecule has 2 aromatic rings. The van der Waals surface area contributed by atoms with Crippen molar-refractivity contribution >= 4 is 40.8 Å². The van der Waals surface area contributed by atoms with Gasteiger partial charge in [0.2, 0.25) is 5.91 Å². The van der Waals surface area contributed by atoms with Gasteiger partial charge in [-0.25, -0.2) is 4.79 Å². The Balaban J connectivity index is 1.80. The molecule has 0 heterocycles. The molecule has 0 aliphatic heterocycles. The van der Waals surface area contributed by atoms with E-state index in [1.807, 2.05) is 0 Å². The smallest absolute Gasteiger partial charge is 0.344 e. The molecule has 2 rings (SSSR count). The summed E-state index contributed by atoms with van der Waals surface area (Å²) in [7, 11) is 0. The summed E-state index contributed by atoms with van der Waals surface area (Å²) in [5.41, 5.74) is 1.12. The van der Waals surface area contributed by atoms with Crippen LogP contribution in [0.4, 0.5) is 11.4 Å². The average molecular weight is 391 g/mol. The third-order valence-electron chi connectivity index (χ3n) is 3.30. The number of rotatable bonds is 7. The van der Waals surface area contributed by atoms with Crippen molar-refractivity contribution in [3.05, 3.63) is 53.6 Å². The Morgan fingerprint density at radius 3 is 2.26 bits per heavy atom. The number of carbonyl (C=O) groups is 3. The molecule has 0 spiro atoms. The molecule has 0 saturated carbocycles. The molecule has 2 N–H and O–H groups in total. The zero-order valence-electron chi connectivity index (χ0n) is 14.8. The fourth-order valence-electron chi connectivity index (χ4n) is 2.07. The van der Waals surface area contributed by atoms with E-state index in [0.717, 1.165) is 0 Å². The summed E-state index contributed by atoms with van der Waals surface area (Å²) in [5.74, 6) is -0.930. The first-order valence-corrected chi connectivity index (χ1v) is 8.47. The van der Waals surface area contributed by atoms with Gasteiger partial charge in [-0.15, -0.1) is 0 Å². The monoisotopic (exact) mass is 390 g/mol. The van der Waals surface area contributed by atoms with Gasteiger partial charge < -0.3 is 20.1 Å². The fourth-order valence-corrected chi connectivity index (χ4v) is 2.25. The van der Waals surface area contributed by atoms with E-state index in [9.17, 15) is 14.4 Å². The summed E-state index contributed by atoms with van der Waals surface area (Å²) in [5, 5.41) is 5.73. The van der Waals surface area contributed by atoms with Gasteiger partial charge in [-0.3, -0.25) is 9.59 Å². The van der Waals surface area contributed by atoms with E-state index in [-0.39, 0.29) is 12.5 Å². The number of halogens is 1. The van der Waals surface area contributed by atoms with Gasteiger partial charge in [0.15, 0.2) is 12.7 Å². The highest BCUT2D eigenvalue weighted by molar-refractivity contribution is 6.30. The average Bonchev–Trinajstić information content (AvgIpc) is 2.61. The lowest BCUT2D eigenvalue weighted by Crippen LogP contribution is -2.31. The van der Waals surface area contributed by atoms with Crippen LogP contribution < -0.4 is 15.4 Å². The van der Waals surface area contributed by atoms with E-state index in [1.165, 1.54) is 13.8 Å². The normalized spacial score (nSPS) is 11.2. The molecular weight excluding hydrogens is 372 g/mol. The minimum absolute atomic E-state index is 0.188. The van der Waals surface area contributed by atoms with Gasteiger partial charge in [-0.1, -0.05) is 17.7 Å². The number of carbonyl (C=O) groups excluding carboxylic acids is 3. The van der Waals surface area contributed by atoms with Gasteiger partial charge >= 0.3 is 5.97 Å². The lowest BCUT2D eigenvalue weighted by atomic mass is 10.2. The van der Waals surface area contributed by atoms with E-state index >= 15 is 0 Å². The second kappa shape index (κ2) is 9.59. The highest BCUT2D eigenvalue weighted by atomic mass is 35.5. The van der Waals surface area contributed by atoms with E-state index in [1.54, 1.807) is 48.5 Å². The third-order valence-corrected chi connectivity index (χ3v) is 3.54. The quantitative estimate of drug-likeness (QED) is 0.708. The number of anilines is 2. The molecule has 8 heteroatoms. The second-order valence-corrected chi connectivity index (χ2v) is 6.06. The third kappa shape index (κ3) is 6.99. The molecule has 1 unspecified atom stereocenters. The lowest BCUT2D eigenvalue weighted by molar-refractivity contribution is -0.155. The second-order valence-electron chi connectivity index (χ2n) is 5.63. The summed E-state index contributed by atoms with van der Waals surface area (Å²) < 4.78 is 10.3. The van der Waals surface area contributed by atoms with Crippen molar-refractivity contribution < 1.29 is 23.9 Å². The minimum Gasteiger partial charge on any atom is -0.482 e. The van der Waals surface area contributed by atoms with Crippen molar-refractivity contribution in [1.82, 2.24) is 0 Å². The van der Waals surface area contributed by atoms with Gasteiger partial charge in [0.05, 0.1) is 0 Å². The van der Waals surface area contributed by atoms with Crippen molar-refractivity contribution in [2.45, 2.75) is 20.0 Å². The number of nitrogens with one attached hydrogen (secondary N) is 2. The van der Waals surface area contributed by atoms with E-state index in [2.05, 4.69) is 10.6 Å². The number of hydrogen-bond donors (Lipinski definition) is 2. The topological polar surface area (TPSA) is 93.7 Å². The molecule has 0 saturated heterocycles. The molecular formula is C19H19ClN2O5. The predicted octanol–water partition coefficient (Wildman–Crippen LogP) is 3.25. The largest absolute Gasteiger partial charge is 0.482 e. The van der Waals surface area contributed by atoms with Crippen molar-refractivity contribution in [2.24, 2.45) is 0 Å². The Kier molecular flexibility index (Phi) is 7.19. The van der Waals surface area contributed by atoms with Crippen molar-refractivity contribution in [3.63, 3.8) is 0 Å². The van der Waals surface area contributed by atoms with Crippen LogP contribution in [-0.2, 0) is 19.1 Å². The van der Waals surface area contributed by atoms with Crippen LogP contribution in [0.5, 0.6) is 5.75 Å². The van der Waals surface area contributed by atoms with Crippen LogP contribution in [-0.4, -0.2) is 30.5 Å². The predicted molar refractivity (Wildman–Crippen MR) is 102 cm³/mol. The molecule has 0 fully saturated rings. The van der Waals surface area contributed by atoms with Crippen LogP contribution in [0.15, 0.2) is 48.5 Å². The zero-order valence-corrected chi connectivity index (χ0v) is 15.6. The van der Waals surface area contributed by atoms with Gasteiger partial charge in [0.1, 0.15) is 5.75 Å². The van der Waals surface area contributed by atoms with Crippen LogP contribution in [0.2, 0.25) is 5.02 Å². The van der Waals surface area contributed by atoms with Crippen LogP contribution in [0.25, 0.3) is 0 Å². The van der Waals surface area contributed by atoms with E-state index in [4.69, 9.17) is 21.1 Å². The lowest BCUT2D eigenvalue weighted by Gasteiger charge is -2.14. The first-order chi connectivity index (χ1) is 12.8. The summed E-state index contributed by atoms with van der Waals surface area (Å²) >= 11 is 5.83. The molecule has 7 nitrogen and oxygen atoms in total. The highest BCUT2D eigenvalue weighted by Gasteiger charge is 2.18. The maximum atomic E-state index is 12.1. The SMILES string of the molecule is CC(=O)Nc1ccc(NC(=O)C(C)OC(=O)COc2cccc(Cl)c2)cc1. The Labute approximate surface area is 161 Å². The van der Waals surface area contributed by atoms with Crippen molar-refractivity contribution in [1.29, 1.82) is 0 Å². The number of ether oxygens (including phenoxy) is 2. The maximum Gasteiger partial charge on any atom is 0.344 e. The molecule has 0 aliphatic carbocycles. The van der Waals surface area contributed by atoms with E-state index in [0.29, 0.717) is 22.1 Å². The molecule has 2 aromatic carbocycles. The van der Waals surface area contributed by atoms with Crippen LogP contribution in [0.1, 0.15) is 13.8 Å². The molecule has 0 aliphatic rings. The standard InChI is InChI=1S/C19H19ClN2O5/c1-12(27-18(24)11-26-17-5-3-4-14(20)10-17)19(25)22-16-8-6-15(7-9-16)21-13(2)23/h3-10,12H,11H2,1-2H3,(H,21,23)(H,22,25).